The van der Waals surface area contributed by atoms with Crippen molar-refractivity contribution in [2.45, 2.75) is 52.4 Å². The van der Waals surface area contributed by atoms with Crippen LogP contribution in [0.3, 0.4) is 0 Å². The van der Waals surface area contributed by atoms with Gasteiger partial charge in [-0.3, -0.25) is 0 Å². The molecule has 1 aliphatic carbocycles. The van der Waals surface area contributed by atoms with E-state index in [2.05, 4.69) is 31.6 Å². The molecular weight excluding hydrogens is 364 g/mol. The summed E-state index contributed by atoms with van der Waals surface area (Å²) in [4.78, 5) is 21.1. The van der Waals surface area contributed by atoms with Crippen molar-refractivity contribution >= 4 is 23.1 Å². The number of urea groups is 1. The van der Waals surface area contributed by atoms with E-state index < -0.39 is 0 Å². The van der Waals surface area contributed by atoms with Gasteiger partial charge in [0.15, 0.2) is 5.65 Å². The summed E-state index contributed by atoms with van der Waals surface area (Å²) in [6, 6.07) is 3.32. The lowest BCUT2D eigenvalue weighted by molar-refractivity contribution is 0.262. The molecule has 3 aromatic heterocycles. The lowest BCUT2D eigenvalue weighted by Crippen LogP contribution is -2.22. The molecule has 1 saturated carbocycles. The molecule has 7 heteroatoms. The van der Waals surface area contributed by atoms with E-state index in [1.807, 2.05) is 31.4 Å². The predicted molar refractivity (Wildman–Crippen MR) is 115 cm³/mol. The van der Waals surface area contributed by atoms with Crippen molar-refractivity contribution in [2.75, 3.05) is 10.6 Å². The van der Waals surface area contributed by atoms with Crippen LogP contribution in [0.25, 0.3) is 5.65 Å². The van der Waals surface area contributed by atoms with Crippen LogP contribution in [0.1, 0.15) is 62.4 Å². The molecule has 7 nitrogen and oxygen atoms in total. The molecule has 0 saturated heterocycles. The van der Waals surface area contributed by atoms with Crippen LogP contribution in [0.15, 0.2) is 30.7 Å². The third-order valence-electron chi connectivity index (χ3n) is 4.92. The fourth-order valence-electron chi connectivity index (χ4n) is 3.66. The number of terminal acetylenes is 1. The average Bonchev–Trinajstić information content (AvgIpc) is 3.41. The van der Waals surface area contributed by atoms with Crippen LogP contribution in [0.5, 0.6) is 0 Å². The Hall–Kier alpha value is -3.40. The predicted octanol–water partition coefficient (Wildman–Crippen LogP) is 4.74. The third kappa shape index (κ3) is 4.37. The molecule has 29 heavy (non-hydrogen) atoms. The van der Waals surface area contributed by atoms with Gasteiger partial charge in [0, 0.05) is 12.0 Å². The molecule has 0 radical (unpaired) electrons. The van der Waals surface area contributed by atoms with E-state index in [-0.39, 0.29) is 6.03 Å². The Balaban J connectivity index is 0.00000117. The average molecular weight is 390 g/mol. The van der Waals surface area contributed by atoms with Gasteiger partial charge in [-0.05, 0) is 37.3 Å². The molecule has 0 aliphatic heterocycles. The minimum Gasteiger partial charge on any atom is -0.306 e. The molecule has 0 aromatic carbocycles. The normalized spacial score (nSPS) is 13.4. The highest BCUT2D eigenvalue weighted by Gasteiger charge is 2.24. The lowest BCUT2D eigenvalue weighted by Gasteiger charge is -2.17. The van der Waals surface area contributed by atoms with E-state index in [1.54, 1.807) is 24.7 Å². The lowest BCUT2D eigenvalue weighted by atomic mass is 10.0. The van der Waals surface area contributed by atoms with Gasteiger partial charge in [0.2, 0.25) is 0 Å². The zero-order valence-corrected chi connectivity index (χ0v) is 17.1. The summed E-state index contributed by atoms with van der Waals surface area (Å²) in [5.41, 5.74) is 4.46. The SMILES string of the molecule is C#Cc1ncc(NC(=O)Nc2cnc3ccnn3c2C2CCCC2)cc1C.CC. The molecule has 0 atom stereocenters. The molecule has 1 aliphatic rings. The van der Waals surface area contributed by atoms with Crippen LogP contribution in [0.4, 0.5) is 16.2 Å². The quantitative estimate of drug-likeness (QED) is 0.633. The molecule has 0 unspecified atom stereocenters. The number of anilines is 2. The van der Waals surface area contributed by atoms with Crippen molar-refractivity contribution < 1.29 is 4.79 Å². The summed E-state index contributed by atoms with van der Waals surface area (Å²) < 4.78 is 1.83. The number of hydrogen-bond acceptors (Lipinski definition) is 4. The van der Waals surface area contributed by atoms with Crippen LogP contribution < -0.4 is 10.6 Å². The third-order valence-corrected chi connectivity index (χ3v) is 4.92. The standard InChI is InChI=1S/C20H20N6O.C2H6/c1-3-16-13(2)10-15(11-21-16)24-20(27)25-17-12-22-18-8-9-23-26(18)19(17)14-6-4-5-7-14;1-2/h1,8-12,14H,4-7H2,2H3,(H2,24,25,27);1-2H3. The van der Waals surface area contributed by atoms with Crippen molar-refractivity contribution in [3.8, 4) is 12.3 Å². The summed E-state index contributed by atoms with van der Waals surface area (Å²) in [6.45, 7) is 5.86. The Morgan fingerprint density at radius 1 is 1.21 bits per heavy atom. The topological polar surface area (TPSA) is 84.2 Å². The van der Waals surface area contributed by atoms with Crippen molar-refractivity contribution in [3.05, 3.63) is 47.7 Å². The van der Waals surface area contributed by atoms with Gasteiger partial charge < -0.3 is 10.6 Å². The van der Waals surface area contributed by atoms with Gasteiger partial charge in [0.25, 0.3) is 0 Å². The minimum atomic E-state index is -0.350. The highest BCUT2D eigenvalue weighted by atomic mass is 16.2. The van der Waals surface area contributed by atoms with Crippen LogP contribution >= 0.6 is 0 Å². The second-order valence-electron chi connectivity index (χ2n) is 6.75. The fourth-order valence-corrected chi connectivity index (χ4v) is 3.66. The van der Waals surface area contributed by atoms with Crippen molar-refractivity contribution in [3.63, 3.8) is 0 Å². The van der Waals surface area contributed by atoms with Gasteiger partial charge in [-0.2, -0.15) is 5.10 Å². The highest BCUT2D eigenvalue weighted by Crippen LogP contribution is 2.37. The number of amides is 2. The van der Waals surface area contributed by atoms with Crippen molar-refractivity contribution in [2.24, 2.45) is 0 Å². The number of pyridine rings is 1. The number of carbonyl (C=O) groups excluding carboxylic acids is 1. The largest absolute Gasteiger partial charge is 0.323 e. The number of hydrogen-bond donors (Lipinski definition) is 2. The van der Waals surface area contributed by atoms with Crippen LogP contribution in [0.2, 0.25) is 0 Å². The number of fused-ring (bicyclic) bond motifs is 1. The first-order chi connectivity index (χ1) is 14.2. The molecule has 0 spiro atoms. The van der Waals surface area contributed by atoms with E-state index >= 15 is 0 Å². The molecule has 2 amide bonds. The molecule has 1 fully saturated rings. The zero-order valence-electron chi connectivity index (χ0n) is 17.1. The maximum atomic E-state index is 12.5. The van der Waals surface area contributed by atoms with Crippen LogP contribution in [-0.4, -0.2) is 25.6 Å². The highest BCUT2D eigenvalue weighted by molar-refractivity contribution is 6.00. The molecule has 3 aromatic rings. The maximum absolute atomic E-state index is 12.5. The molecule has 3 heterocycles. The number of carbonyl (C=O) groups is 1. The Morgan fingerprint density at radius 2 is 1.97 bits per heavy atom. The minimum absolute atomic E-state index is 0.350. The van der Waals surface area contributed by atoms with E-state index in [4.69, 9.17) is 6.42 Å². The van der Waals surface area contributed by atoms with E-state index in [9.17, 15) is 4.79 Å². The van der Waals surface area contributed by atoms with Crippen molar-refractivity contribution in [1.29, 1.82) is 0 Å². The Morgan fingerprint density at radius 3 is 2.66 bits per heavy atom. The first-order valence-electron chi connectivity index (χ1n) is 9.99. The van der Waals surface area contributed by atoms with Crippen molar-refractivity contribution in [1.82, 2.24) is 19.6 Å². The van der Waals surface area contributed by atoms with E-state index in [0.29, 0.717) is 23.0 Å². The van der Waals surface area contributed by atoms with Gasteiger partial charge in [-0.25, -0.2) is 19.3 Å². The Kier molecular flexibility index (Phi) is 6.45. The van der Waals surface area contributed by atoms with Gasteiger partial charge in [-0.1, -0.05) is 26.7 Å². The van der Waals surface area contributed by atoms with Gasteiger partial charge >= 0.3 is 6.03 Å². The smallest absolute Gasteiger partial charge is 0.306 e. The van der Waals surface area contributed by atoms with Crippen LogP contribution in [-0.2, 0) is 0 Å². The second-order valence-corrected chi connectivity index (χ2v) is 6.75. The first kappa shape index (κ1) is 20.3. The number of nitrogens with one attached hydrogen (secondary N) is 2. The molecular formula is C22H26N6O. The number of rotatable bonds is 3. The van der Waals surface area contributed by atoms with Gasteiger partial charge in [0.05, 0.1) is 35.7 Å². The Bertz CT molecular complexity index is 1040. The maximum Gasteiger partial charge on any atom is 0.323 e. The fraction of sp³-hybridized carbons (Fsp3) is 0.364. The second kappa shape index (κ2) is 9.20. The first-order valence-corrected chi connectivity index (χ1v) is 9.99. The summed E-state index contributed by atoms with van der Waals surface area (Å²) in [5, 5.41) is 10.1. The Labute approximate surface area is 171 Å². The monoisotopic (exact) mass is 390 g/mol. The number of aryl methyl sites for hydroxylation is 1. The van der Waals surface area contributed by atoms with Gasteiger partial charge in [0.1, 0.15) is 5.69 Å². The summed E-state index contributed by atoms with van der Waals surface area (Å²) >= 11 is 0. The molecule has 2 N–H and O–H groups in total. The van der Waals surface area contributed by atoms with Crippen LogP contribution in [0, 0.1) is 19.3 Å². The summed E-state index contributed by atoms with van der Waals surface area (Å²) in [5.74, 6) is 2.88. The molecule has 4 rings (SSSR count). The molecule has 150 valence electrons. The van der Waals surface area contributed by atoms with E-state index in [1.165, 1.54) is 12.8 Å². The van der Waals surface area contributed by atoms with E-state index in [0.717, 1.165) is 29.7 Å². The number of nitrogens with zero attached hydrogens (tertiary/aromatic N) is 4. The number of aromatic nitrogens is 4. The zero-order chi connectivity index (χ0) is 20.8. The molecule has 0 bridgehead atoms. The summed E-state index contributed by atoms with van der Waals surface area (Å²) in [7, 11) is 0. The van der Waals surface area contributed by atoms with Gasteiger partial charge in [-0.15, -0.1) is 6.42 Å². The summed E-state index contributed by atoms with van der Waals surface area (Å²) in [6.07, 6.45) is 14.9.